The van der Waals surface area contributed by atoms with Crippen molar-refractivity contribution in [2.45, 2.75) is 57.2 Å². The summed E-state index contributed by atoms with van der Waals surface area (Å²) >= 11 is -2.03. The normalized spacial score (nSPS) is 13.4. The molecule has 0 saturated heterocycles. The Kier molecular flexibility index (Phi) is 9.24. The summed E-state index contributed by atoms with van der Waals surface area (Å²) in [6, 6.07) is 35.7. The molecule has 3 nitrogen and oxygen atoms in total. The minimum absolute atomic E-state index is 0. The van der Waals surface area contributed by atoms with Gasteiger partial charge < -0.3 is 9.40 Å². The van der Waals surface area contributed by atoms with E-state index in [1.165, 1.54) is 10.5 Å². The Hall–Kier alpha value is -3.57. The maximum absolute atomic E-state index is 8.44. The predicted octanol–water partition coefficient (Wildman–Crippen LogP) is 11.0. The largest absolute Gasteiger partial charge is 0.501 e. The van der Waals surface area contributed by atoms with Crippen LogP contribution in [0.25, 0.3) is 55.2 Å². The maximum atomic E-state index is 8.44. The predicted molar refractivity (Wildman–Crippen MR) is 197 cm³/mol. The van der Waals surface area contributed by atoms with E-state index in [9.17, 15) is 0 Å². The second-order valence-corrected chi connectivity index (χ2v) is 23.8. The minimum atomic E-state index is -2.03. The smallest absolute Gasteiger partial charge is 0.121 e. The van der Waals surface area contributed by atoms with Crippen LogP contribution in [-0.2, 0) is 26.5 Å². The zero-order valence-electron chi connectivity index (χ0n) is 32.0. The monoisotopic (exact) mass is 861 g/mol. The molecule has 0 atom stereocenters. The molecule has 5 heteroatoms. The van der Waals surface area contributed by atoms with Crippen molar-refractivity contribution in [3.63, 3.8) is 0 Å². The van der Waals surface area contributed by atoms with Crippen LogP contribution in [0.3, 0.4) is 0 Å². The third-order valence-corrected chi connectivity index (χ3v) is 12.2. The molecular weight excluding hydrogens is 813 g/mol. The molecule has 47 heavy (non-hydrogen) atoms. The first-order chi connectivity index (χ1) is 23.5. The molecule has 7 rings (SSSR count). The van der Waals surface area contributed by atoms with Gasteiger partial charge in [-0.1, -0.05) is 60.7 Å². The van der Waals surface area contributed by atoms with Crippen molar-refractivity contribution in [1.29, 1.82) is 0 Å². The molecule has 0 aliphatic rings. The standard InChI is InChI=1S/C25H20NO.C17H22GeN.Ir/c1-16(2)12-17-10-11-26-23(13-17)21-9-5-8-20-22-14-18-6-3-4-7-19(18)15-24(22)27-25(20)21;1-13(2)15-11-17(14-9-7-6-8-10-14)19-12-16(15)18(3,4)5;/h3-8,10-11,13-16H,12H2,1-2H3;6-9,11-13H,1-5H3;/q2*-1;/i11D,12D2;13D;. The van der Waals surface area contributed by atoms with E-state index in [4.69, 9.17) is 9.90 Å². The first-order valence-electron chi connectivity index (χ1n) is 17.8. The molecule has 0 amide bonds. The molecule has 0 aliphatic carbocycles. The van der Waals surface area contributed by atoms with Gasteiger partial charge in [0.05, 0.1) is 6.95 Å². The van der Waals surface area contributed by atoms with Gasteiger partial charge in [-0.3, -0.25) is 0 Å². The van der Waals surface area contributed by atoms with Gasteiger partial charge >= 0.3 is 120 Å². The van der Waals surface area contributed by atoms with E-state index in [1.807, 2.05) is 88.5 Å². The van der Waals surface area contributed by atoms with E-state index in [1.54, 1.807) is 6.07 Å². The van der Waals surface area contributed by atoms with Crippen LogP contribution >= 0.6 is 0 Å². The summed E-state index contributed by atoms with van der Waals surface area (Å²) in [5.41, 5.74) is 6.04. The fourth-order valence-corrected chi connectivity index (χ4v) is 9.04. The SMILES string of the molecule is [2H]C(C)(C)c1cc(-c2[c-]cccc2)nc[c]1[Ge]([CH3])([CH3])[CH3].[2H]c1cc(C([2H])([2H])C(C)C)cc(-c2[c-]ccc3c2oc2cc4ccccc4cc23)n1.[Ir]. The quantitative estimate of drug-likeness (QED) is 0.124. The Morgan fingerprint density at radius 2 is 1.57 bits per heavy atom. The topological polar surface area (TPSA) is 38.9 Å². The Balaban J connectivity index is 0.000000211. The van der Waals surface area contributed by atoms with E-state index in [2.05, 4.69) is 63.6 Å². The molecule has 0 N–H and O–H groups in total. The van der Waals surface area contributed by atoms with Crippen molar-refractivity contribution in [2.75, 3.05) is 0 Å². The molecule has 1 radical (unpaired) electrons. The van der Waals surface area contributed by atoms with E-state index < -0.39 is 25.5 Å². The summed E-state index contributed by atoms with van der Waals surface area (Å²) < 4.78 is 41.0. The van der Waals surface area contributed by atoms with E-state index in [0.717, 1.165) is 43.9 Å². The van der Waals surface area contributed by atoms with Gasteiger partial charge in [0, 0.05) is 34.4 Å². The number of rotatable bonds is 6. The van der Waals surface area contributed by atoms with Crippen molar-refractivity contribution in [1.82, 2.24) is 9.97 Å². The van der Waals surface area contributed by atoms with E-state index in [0.29, 0.717) is 22.4 Å². The van der Waals surface area contributed by atoms with Crippen molar-refractivity contribution >= 4 is 50.4 Å². The second-order valence-electron chi connectivity index (χ2n) is 13.2. The molecule has 3 heterocycles. The van der Waals surface area contributed by atoms with Gasteiger partial charge in [-0.05, 0) is 47.0 Å². The van der Waals surface area contributed by atoms with Crippen molar-refractivity contribution in [3.05, 3.63) is 127 Å². The number of benzene rings is 4. The van der Waals surface area contributed by atoms with Crippen LogP contribution in [0.15, 0.2) is 108 Å². The number of pyridine rings is 2. The number of hydrogen-bond donors (Lipinski definition) is 0. The second kappa shape index (κ2) is 14.7. The van der Waals surface area contributed by atoms with E-state index >= 15 is 0 Å². The molecule has 3 aromatic heterocycles. The zero-order chi connectivity index (χ0) is 36.0. The van der Waals surface area contributed by atoms with Crippen molar-refractivity contribution in [3.8, 4) is 22.5 Å². The molecule has 7 aromatic rings. The van der Waals surface area contributed by atoms with Crippen LogP contribution in [0.5, 0.6) is 0 Å². The van der Waals surface area contributed by atoms with Crippen LogP contribution < -0.4 is 4.40 Å². The van der Waals surface area contributed by atoms with Crippen molar-refractivity contribution in [2.24, 2.45) is 5.92 Å². The summed E-state index contributed by atoms with van der Waals surface area (Å²) in [7, 11) is 0. The molecule has 0 saturated carbocycles. The fraction of sp³-hybridized carbons (Fsp3) is 0.238. The van der Waals surface area contributed by atoms with Gasteiger partial charge in [0.25, 0.3) is 0 Å². The van der Waals surface area contributed by atoms with Gasteiger partial charge in [-0.25, -0.2) is 0 Å². The number of furan rings is 1. The van der Waals surface area contributed by atoms with Crippen LogP contribution in [0.2, 0.25) is 17.3 Å². The van der Waals surface area contributed by atoms with Gasteiger partial charge in [0.15, 0.2) is 0 Å². The van der Waals surface area contributed by atoms with Crippen LogP contribution in [-0.4, -0.2) is 23.2 Å². The zero-order valence-corrected chi connectivity index (χ0v) is 32.4. The van der Waals surface area contributed by atoms with E-state index in [-0.39, 0.29) is 32.2 Å². The minimum Gasteiger partial charge on any atom is -0.501 e. The van der Waals surface area contributed by atoms with Gasteiger partial charge in [0.2, 0.25) is 0 Å². The third-order valence-electron chi connectivity index (χ3n) is 7.94. The van der Waals surface area contributed by atoms with Crippen LogP contribution in [0, 0.1) is 18.1 Å². The number of aromatic nitrogens is 2. The van der Waals surface area contributed by atoms with Gasteiger partial charge in [0.1, 0.15) is 5.58 Å². The molecule has 0 spiro atoms. The summed E-state index contributed by atoms with van der Waals surface area (Å²) in [4.78, 5) is 8.98. The first-order valence-corrected chi connectivity index (χ1v) is 23.1. The average molecular weight is 860 g/mol. The number of nitrogens with zero attached hydrogens (tertiary/aromatic N) is 2. The molecule has 0 bridgehead atoms. The Bertz CT molecular complexity index is 2330. The average Bonchev–Trinajstić information content (AvgIpc) is 3.44. The van der Waals surface area contributed by atoms with Crippen LogP contribution in [0.1, 0.15) is 50.2 Å². The Labute approximate surface area is 301 Å². The number of fused-ring (bicyclic) bond motifs is 4. The van der Waals surface area contributed by atoms with Crippen molar-refractivity contribution < 1.29 is 30.0 Å². The third kappa shape index (κ3) is 7.78. The van der Waals surface area contributed by atoms with Gasteiger partial charge in [-0.15, -0.1) is 18.2 Å². The summed E-state index contributed by atoms with van der Waals surface area (Å²) in [6.07, 6.45) is 0.466. The maximum Gasteiger partial charge on any atom is 0.121 e. The first kappa shape index (κ1) is 29.6. The molecule has 0 aliphatic heterocycles. The van der Waals surface area contributed by atoms with Crippen LogP contribution in [0.4, 0.5) is 0 Å². The fourth-order valence-electron chi connectivity index (χ4n) is 5.72. The molecule has 0 fully saturated rings. The Morgan fingerprint density at radius 1 is 0.830 bits per heavy atom. The Morgan fingerprint density at radius 3 is 2.26 bits per heavy atom. The molecular formula is C42H42GeIrN2O-2. The summed E-state index contributed by atoms with van der Waals surface area (Å²) in [6.45, 7) is 7.58. The molecule has 241 valence electrons. The number of hydrogen-bond acceptors (Lipinski definition) is 3. The van der Waals surface area contributed by atoms with Gasteiger partial charge in [-0.2, -0.15) is 0 Å². The summed E-state index contributed by atoms with van der Waals surface area (Å²) in [5, 5.41) is 4.21. The summed E-state index contributed by atoms with van der Waals surface area (Å²) in [5.74, 6) is 6.22. The molecule has 4 aromatic carbocycles. The molecule has 0 unspecified atom stereocenters.